The first-order valence-electron chi connectivity index (χ1n) is 7.61. The van der Waals surface area contributed by atoms with Gasteiger partial charge in [-0.15, -0.1) is 0 Å². The van der Waals surface area contributed by atoms with Gasteiger partial charge in [-0.3, -0.25) is 0 Å². The molecule has 1 fully saturated rings. The molecule has 0 aliphatic carbocycles. The molecular formula is C15H23N3O4S. The smallest absolute Gasteiger partial charge is 0.315 e. The number of hydrogen-bond acceptors (Lipinski definition) is 4. The van der Waals surface area contributed by atoms with Crippen LogP contribution < -0.4 is 15.4 Å². The van der Waals surface area contributed by atoms with Gasteiger partial charge in [0, 0.05) is 13.2 Å². The standard InChI is InChI=1S/C15H23N3O4S/c1-11(14-4-3-9-22-14)18-15(19)17-10-12-5-7-13(8-6-12)23(20,21)16-2/h5-8,11,14,16H,3-4,9-10H2,1-2H3,(H2,17,18,19)/t11-,14-/m0/s1. The fourth-order valence-corrected chi connectivity index (χ4v) is 3.16. The van der Waals surface area contributed by atoms with E-state index in [1.807, 2.05) is 6.92 Å². The van der Waals surface area contributed by atoms with Crippen LogP contribution in [0, 0.1) is 0 Å². The maximum absolute atomic E-state index is 11.9. The first kappa shape index (κ1) is 17.7. The van der Waals surface area contributed by atoms with E-state index in [0.717, 1.165) is 25.0 Å². The van der Waals surface area contributed by atoms with Crippen molar-refractivity contribution in [2.45, 2.75) is 43.4 Å². The normalized spacial score (nSPS) is 19.3. The van der Waals surface area contributed by atoms with Crippen LogP contribution in [0.15, 0.2) is 29.2 Å². The minimum Gasteiger partial charge on any atom is -0.376 e. The summed E-state index contributed by atoms with van der Waals surface area (Å²) < 4.78 is 31.0. The fourth-order valence-electron chi connectivity index (χ4n) is 2.43. The number of hydrogen-bond donors (Lipinski definition) is 3. The highest BCUT2D eigenvalue weighted by atomic mass is 32.2. The molecule has 1 aromatic carbocycles. The molecule has 1 aromatic rings. The van der Waals surface area contributed by atoms with Crippen LogP contribution in [-0.4, -0.2) is 40.2 Å². The lowest BCUT2D eigenvalue weighted by Crippen LogP contribution is -2.45. The van der Waals surface area contributed by atoms with Crippen molar-refractivity contribution in [1.29, 1.82) is 0 Å². The van der Waals surface area contributed by atoms with E-state index in [0.29, 0.717) is 6.54 Å². The molecule has 23 heavy (non-hydrogen) atoms. The summed E-state index contributed by atoms with van der Waals surface area (Å²) >= 11 is 0. The summed E-state index contributed by atoms with van der Waals surface area (Å²) in [5.74, 6) is 0. The van der Waals surface area contributed by atoms with Crippen LogP contribution >= 0.6 is 0 Å². The molecule has 0 unspecified atom stereocenters. The van der Waals surface area contributed by atoms with Gasteiger partial charge in [-0.05, 0) is 44.5 Å². The summed E-state index contributed by atoms with van der Waals surface area (Å²) in [5.41, 5.74) is 0.819. The Morgan fingerprint density at radius 3 is 2.61 bits per heavy atom. The third kappa shape index (κ3) is 4.92. The van der Waals surface area contributed by atoms with Gasteiger partial charge >= 0.3 is 6.03 Å². The maximum Gasteiger partial charge on any atom is 0.315 e. The van der Waals surface area contributed by atoms with Gasteiger partial charge in [-0.25, -0.2) is 17.9 Å². The van der Waals surface area contributed by atoms with E-state index in [9.17, 15) is 13.2 Å². The van der Waals surface area contributed by atoms with Crippen LogP contribution in [-0.2, 0) is 21.3 Å². The fraction of sp³-hybridized carbons (Fsp3) is 0.533. The first-order valence-corrected chi connectivity index (χ1v) is 9.09. The molecular weight excluding hydrogens is 318 g/mol. The van der Waals surface area contributed by atoms with E-state index in [1.54, 1.807) is 12.1 Å². The van der Waals surface area contributed by atoms with E-state index < -0.39 is 10.0 Å². The highest BCUT2D eigenvalue weighted by molar-refractivity contribution is 7.89. The Balaban J connectivity index is 1.82. The zero-order chi connectivity index (χ0) is 16.9. The van der Waals surface area contributed by atoms with Crippen molar-refractivity contribution in [3.63, 3.8) is 0 Å². The number of urea groups is 1. The van der Waals surface area contributed by atoms with Crippen LogP contribution in [0.2, 0.25) is 0 Å². The molecule has 8 heteroatoms. The van der Waals surface area contributed by atoms with Crippen LogP contribution in [0.3, 0.4) is 0 Å². The highest BCUT2D eigenvalue weighted by Gasteiger charge is 2.23. The zero-order valence-corrected chi connectivity index (χ0v) is 14.2. The Labute approximate surface area is 136 Å². The highest BCUT2D eigenvalue weighted by Crippen LogP contribution is 2.15. The SMILES string of the molecule is CNS(=O)(=O)c1ccc(CNC(=O)N[C@@H](C)[C@@H]2CCCO2)cc1. The molecule has 1 aliphatic heterocycles. The van der Waals surface area contributed by atoms with Crippen molar-refractivity contribution in [2.24, 2.45) is 0 Å². The predicted molar refractivity (Wildman–Crippen MR) is 86.5 cm³/mol. The molecule has 2 rings (SSSR count). The van der Waals surface area contributed by atoms with Crippen molar-refractivity contribution >= 4 is 16.1 Å². The number of ether oxygens (including phenoxy) is 1. The van der Waals surface area contributed by atoms with Crippen LogP contribution in [0.1, 0.15) is 25.3 Å². The lowest BCUT2D eigenvalue weighted by Gasteiger charge is -2.20. The number of carbonyl (C=O) groups excluding carboxylic acids is 1. The van der Waals surface area contributed by atoms with Crippen LogP contribution in [0.5, 0.6) is 0 Å². The van der Waals surface area contributed by atoms with E-state index in [1.165, 1.54) is 19.2 Å². The minimum atomic E-state index is -3.44. The van der Waals surface area contributed by atoms with Crippen molar-refractivity contribution in [3.8, 4) is 0 Å². The van der Waals surface area contributed by atoms with E-state index >= 15 is 0 Å². The van der Waals surface area contributed by atoms with Crippen LogP contribution in [0.25, 0.3) is 0 Å². The Morgan fingerprint density at radius 2 is 2.04 bits per heavy atom. The monoisotopic (exact) mass is 341 g/mol. The number of benzene rings is 1. The van der Waals surface area contributed by atoms with Gasteiger partial charge in [0.25, 0.3) is 0 Å². The van der Waals surface area contributed by atoms with Gasteiger partial charge in [0.15, 0.2) is 0 Å². The molecule has 128 valence electrons. The third-order valence-corrected chi connectivity index (χ3v) is 5.27. The minimum absolute atomic E-state index is 0.0411. The Bertz CT molecular complexity index is 625. The molecule has 1 heterocycles. The average molecular weight is 341 g/mol. The molecule has 0 bridgehead atoms. The molecule has 0 aromatic heterocycles. The van der Waals surface area contributed by atoms with Gasteiger partial charge in [-0.2, -0.15) is 0 Å². The van der Waals surface area contributed by atoms with Crippen molar-refractivity contribution in [3.05, 3.63) is 29.8 Å². The predicted octanol–water partition coefficient (Wildman–Crippen LogP) is 0.961. The molecule has 0 radical (unpaired) electrons. The number of amides is 2. The van der Waals surface area contributed by atoms with E-state index in [2.05, 4.69) is 15.4 Å². The lowest BCUT2D eigenvalue weighted by atomic mass is 10.1. The molecule has 0 spiro atoms. The van der Waals surface area contributed by atoms with E-state index in [4.69, 9.17) is 4.74 Å². The zero-order valence-electron chi connectivity index (χ0n) is 13.3. The number of rotatable bonds is 6. The van der Waals surface area contributed by atoms with E-state index in [-0.39, 0.29) is 23.1 Å². The number of carbonyl (C=O) groups is 1. The molecule has 1 aliphatic rings. The second-order valence-corrected chi connectivity index (χ2v) is 7.41. The van der Waals surface area contributed by atoms with Crippen molar-refractivity contribution in [2.75, 3.05) is 13.7 Å². The van der Waals surface area contributed by atoms with Gasteiger partial charge in [0.1, 0.15) is 0 Å². The summed E-state index contributed by atoms with van der Waals surface area (Å²) in [6.07, 6.45) is 2.06. The second kappa shape index (κ2) is 7.76. The molecule has 2 amide bonds. The topological polar surface area (TPSA) is 96.5 Å². The van der Waals surface area contributed by atoms with Gasteiger partial charge in [-0.1, -0.05) is 12.1 Å². The number of nitrogens with one attached hydrogen (secondary N) is 3. The molecule has 7 nitrogen and oxygen atoms in total. The van der Waals surface area contributed by atoms with Crippen molar-refractivity contribution in [1.82, 2.24) is 15.4 Å². The molecule has 2 atom stereocenters. The third-order valence-electron chi connectivity index (χ3n) is 3.84. The van der Waals surface area contributed by atoms with Gasteiger partial charge in [0.2, 0.25) is 10.0 Å². The van der Waals surface area contributed by atoms with Gasteiger partial charge in [0.05, 0.1) is 17.0 Å². The molecule has 0 saturated carbocycles. The summed E-state index contributed by atoms with van der Waals surface area (Å²) in [4.78, 5) is 12.1. The Morgan fingerprint density at radius 1 is 1.35 bits per heavy atom. The second-order valence-electron chi connectivity index (χ2n) is 5.52. The first-order chi connectivity index (χ1) is 10.9. The van der Waals surface area contributed by atoms with Crippen LogP contribution in [0.4, 0.5) is 4.79 Å². The molecule has 3 N–H and O–H groups in total. The molecule has 1 saturated heterocycles. The largest absolute Gasteiger partial charge is 0.376 e. The average Bonchev–Trinajstić information content (AvgIpc) is 3.08. The Hall–Kier alpha value is -1.64. The Kier molecular flexibility index (Phi) is 5.97. The number of sulfonamides is 1. The maximum atomic E-state index is 11.9. The van der Waals surface area contributed by atoms with Crippen molar-refractivity contribution < 1.29 is 17.9 Å². The lowest BCUT2D eigenvalue weighted by molar-refractivity contribution is 0.0860. The summed E-state index contributed by atoms with van der Waals surface area (Å²) in [7, 11) is -2.07. The quantitative estimate of drug-likeness (QED) is 0.718. The summed E-state index contributed by atoms with van der Waals surface area (Å²) in [6.45, 7) is 3.00. The van der Waals surface area contributed by atoms with Gasteiger partial charge < -0.3 is 15.4 Å². The summed E-state index contributed by atoms with van der Waals surface area (Å²) in [5, 5.41) is 5.61. The summed E-state index contributed by atoms with van der Waals surface area (Å²) in [6, 6.07) is 6.06.